The van der Waals surface area contributed by atoms with E-state index < -0.39 is 0 Å². The Morgan fingerprint density at radius 2 is 2.07 bits per heavy atom. The zero-order valence-electron chi connectivity index (χ0n) is 15.4. The van der Waals surface area contributed by atoms with Gasteiger partial charge in [-0.25, -0.2) is 9.67 Å². The largest absolute Gasteiger partial charge is 0.417 e. The van der Waals surface area contributed by atoms with Crippen molar-refractivity contribution in [2.75, 3.05) is 0 Å². The lowest BCUT2D eigenvalue weighted by molar-refractivity contribution is 0.457. The fraction of sp³-hybridized carbons (Fsp3) is 0.222. The van der Waals surface area contributed by atoms with E-state index in [1.54, 1.807) is 12.4 Å². The van der Waals surface area contributed by atoms with E-state index >= 15 is 0 Å². The van der Waals surface area contributed by atoms with Crippen molar-refractivity contribution in [1.29, 1.82) is 0 Å². The molecule has 0 fully saturated rings. The van der Waals surface area contributed by atoms with Crippen LogP contribution in [0.1, 0.15) is 31.5 Å². The number of rotatable bonds is 4. The van der Waals surface area contributed by atoms with Crippen LogP contribution in [0.3, 0.4) is 0 Å². The number of hydrogen-bond donors (Lipinski definition) is 0. The molecule has 0 aliphatic heterocycles. The Morgan fingerprint density at radius 3 is 2.83 bits per heavy atom. The molecule has 0 aromatic carbocycles. The molecule has 0 saturated carbocycles. The molecule has 0 atom stereocenters. The number of halogens is 1. The molecule has 0 saturated heterocycles. The maximum absolute atomic E-state index is 13.1. The van der Waals surface area contributed by atoms with Crippen molar-refractivity contribution < 1.29 is 4.42 Å². The first-order valence-corrected chi connectivity index (χ1v) is 10.0. The van der Waals surface area contributed by atoms with E-state index in [-0.39, 0.29) is 29.8 Å². The van der Waals surface area contributed by atoms with Crippen molar-refractivity contribution in [2.24, 2.45) is 0 Å². The van der Waals surface area contributed by atoms with Crippen LogP contribution in [0.4, 0.5) is 0 Å². The fourth-order valence-corrected chi connectivity index (χ4v) is 4.31. The maximum Gasteiger partial charge on any atom is 0.291 e. The number of aromatic nitrogens is 7. The zero-order chi connectivity index (χ0) is 20.1. The molecule has 11 heteroatoms. The molecule has 146 valence electrons. The Kier molecular flexibility index (Phi) is 4.18. The molecule has 0 spiro atoms. The van der Waals surface area contributed by atoms with Crippen LogP contribution >= 0.6 is 22.9 Å². The lowest BCUT2D eigenvalue weighted by Gasteiger charge is -2.12. The standard InChI is InChI=1S/C18H14ClN7O2S/c1-9(2)16-24-25(8-15-22-23-17(28-15)10-7-20-3-4-21-10)18(27)12-5-13-11(26(12)16)6-14(19)29-13/h3-7,9H,8H2,1-2H3. The van der Waals surface area contributed by atoms with Gasteiger partial charge in [-0.2, -0.15) is 5.10 Å². The Bertz CT molecular complexity index is 1400. The number of thiophene rings is 1. The predicted octanol–water partition coefficient (Wildman–Crippen LogP) is 3.38. The highest BCUT2D eigenvalue weighted by Crippen LogP contribution is 2.32. The van der Waals surface area contributed by atoms with Gasteiger partial charge in [-0.3, -0.25) is 14.2 Å². The van der Waals surface area contributed by atoms with Crippen molar-refractivity contribution in [2.45, 2.75) is 26.3 Å². The van der Waals surface area contributed by atoms with Crippen molar-refractivity contribution >= 4 is 38.7 Å². The van der Waals surface area contributed by atoms with E-state index in [1.165, 1.54) is 22.2 Å². The van der Waals surface area contributed by atoms with Crippen LogP contribution in [-0.2, 0) is 6.54 Å². The van der Waals surface area contributed by atoms with Gasteiger partial charge in [-0.1, -0.05) is 25.4 Å². The van der Waals surface area contributed by atoms with E-state index in [1.807, 2.05) is 30.4 Å². The first kappa shape index (κ1) is 18.0. The predicted molar refractivity (Wildman–Crippen MR) is 108 cm³/mol. The molecule has 0 N–H and O–H groups in total. The minimum Gasteiger partial charge on any atom is -0.417 e. The van der Waals surface area contributed by atoms with E-state index in [0.29, 0.717) is 15.5 Å². The number of fused-ring (bicyclic) bond motifs is 3. The molecular formula is C18H14ClN7O2S. The van der Waals surface area contributed by atoms with Crippen LogP contribution < -0.4 is 5.56 Å². The van der Waals surface area contributed by atoms with Crippen molar-refractivity contribution in [3.8, 4) is 11.6 Å². The van der Waals surface area contributed by atoms with Gasteiger partial charge in [0.1, 0.15) is 23.6 Å². The molecule has 29 heavy (non-hydrogen) atoms. The Hall–Kier alpha value is -3.11. The van der Waals surface area contributed by atoms with Crippen LogP contribution in [0.15, 0.2) is 39.9 Å². The van der Waals surface area contributed by atoms with Gasteiger partial charge in [0.15, 0.2) is 0 Å². The minimum atomic E-state index is -0.242. The normalized spacial score (nSPS) is 11.9. The summed E-state index contributed by atoms with van der Waals surface area (Å²) < 4.78 is 10.5. The molecule has 0 amide bonds. The second-order valence-electron chi connectivity index (χ2n) is 6.73. The quantitative estimate of drug-likeness (QED) is 0.433. The third-order valence-corrected chi connectivity index (χ3v) is 5.62. The first-order chi connectivity index (χ1) is 14.0. The molecule has 0 radical (unpaired) electrons. The molecule has 5 heterocycles. The van der Waals surface area contributed by atoms with Crippen LogP contribution in [0.2, 0.25) is 4.34 Å². The van der Waals surface area contributed by atoms with Crippen LogP contribution in [0.25, 0.3) is 27.3 Å². The van der Waals surface area contributed by atoms with Gasteiger partial charge in [-0.15, -0.1) is 21.5 Å². The summed E-state index contributed by atoms with van der Waals surface area (Å²) in [5, 5.41) is 12.6. The van der Waals surface area contributed by atoms with Crippen LogP contribution in [0, 0.1) is 0 Å². The third kappa shape index (κ3) is 3.00. The van der Waals surface area contributed by atoms with E-state index in [0.717, 1.165) is 16.0 Å². The topological polar surface area (TPSA) is 104 Å². The van der Waals surface area contributed by atoms with E-state index in [4.69, 9.17) is 16.0 Å². The second kappa shape index (κ2) is 6.75. The van der Waals surface area contributed by atoms with Gasteiger partial charge in [-0.05, 0) is 12.1 Å². The number of nitrogens with zero attached hydrogens (tertiary/aromatic N) is 7. The van der Waals surface area contributed by atoms with E-state index in [2.05, 4.69) is 25.3 Å². The van der Waals surface area contributed by atoms with Gasteiger partial charge < -0.3 is 4.42 Å². The summed E-state index contributed by atoms with van der Waals surface area (Å²) in [5.41, 5.74) is 1.65. The van der Waals surface area contributed by atoms with Gasteiger partial charge in [0.25, 0.3) is 11.4 Å². The number of hydrogen-bond acceptors (Lipinski definition) is 8. The third-order valence-electron chi connectivity index (χ3n) is 4.42. The zero-order valence-corrected chi connectivity index (χ0v) is 17.0. The van der Waals surface area contributed by atoms with Crippen molar-refractivity contribution in [3.05, 3.63) is 57.1 Å². The lowest BCUT2D eigenvalue weighted by atomic mass is 10.2. The molecule has 0 unspecified atom stereocenters. The highest BCUT2D eigenvalue weighted by molar-refractivity contribution is 7.22. The molecule has 0 aliphatic carbocycles. The lowest BCUT2D eigenvalue weighted by Crippen LogP contribution is -2.28. The molecule has 5 aromatic rings. The first-order valence-electron chi connectivity index (χ1n) is 8.81. The summed E-state index contributed by atoms with van der Waals surface area (Å²) in [6.45, 7) is 4.10. The van der Waals surface area contributed by atoms with Crippen LogP contribution in [-0.4, -0.2) is 34.3 Å². The molecule has 0 bridgehead atoms. The van der Waals surface area contributed by atoms with Gasteiger partial charge in [0.05, 0.1) is 20.7 Å². The summed E-state index contributed by atoms with van der Waals surface area (Å²) >= 11 is 7.59. The van der Waals surface area contributed by atoms with Crippen LogP contribution in [0.5, 0.6) is 0 Å². The van der Waals surface area contributed by atoms with Crippen molar-refractivity contribution in [1.82, 2.24) is 34.3 Å². The summed E-state index contributed by atoms with van der Waals surface area (Å²) in [5.74, 6) is 1.33. The Morgan fingerprint density at radius 1 is 1.21 bits per heavy atom. The SMILES string of the molecule is CC(C)c1nn(Cc2nnc(-c3cnccn3)o2)c(=O)c2cc3sc(Cl)cc3n12. The maximum atomic E-state index is 13.1. The molecular weight excluding hydrogens is 414 g/mol. The molecule has 5 rings (SSSR count). The van der Waals surface area contributed by atoms with Gasteiger partial charge in [0, 0.05) is 18.3 Å². The van der Waals surface area contributed by atoms with E-state index in [9.17, 15) is 4.79 Å². The average Bonchev–Trinajstić information content (AvgIpc) is 3.39. The van der Waals surface area contributed by atoms with Crippen molar-refractivity contribution in [3.63, 3.8) is 0 Å². The fourth-order valence-electron chi connectivity index (χ4n) is 3.15. The monoisotopic (exact) mass is 427 g/mol. The average molecular weight is 428 g/mol. The second-order valence-corrected chi connectivity index (χ2v) is 8.45. The highest BCUT2D eigenvalue weighted by atomic mass is 35.5. The van der Waals surface area contributed by atoms with Gasteiger partial charge >= 0.3 is 0 Å². The summed E-state index contributed by atoms with van der Waals surface area (Å²) in [4.78, 5) is 21.2. The highest BCUT2D eigenvalue weighted by Gasteiger charge is 2.19. The summed E-state index contributed by atoms with van der Waals surface area (Å²) in [6.07, 6.45) is 4.63. The molecule has 5 aromatic heterocycles. The Balaban J connectivity index is 1.61. The minimum absolute atomic E-state index is 0.0574. The van der Waals surface area contributed by atoms with Gasteiger partial charge in [0.2, 0.25) is 5.89 Å². The molecule has 9 nitrogen and oxygen atoms in total. The molecule has 0 aliphatic rings. The summed E-state index contributed by atoms with van der Waals surface area (Å²) in [7, 11) is 0. The smallest absolute Gasteiger partial charge is 0.291 e. The Labute approximate surface area is 172 Å². The summed E-state index contributed by atoms with van der Waals surface area (Å²) in [6, 6.07) is 3.70.